The summed E-state index contributed by atoms with van der Waals surface area (Å²) in [5.41, 5.74) is 3.58. The van der Waals surface area contributed by atoms with Gasteiger partial charge in [-0.3, -0.25) is 9.48 Å². The van der Waals surface area contributed by atoms with Gasteiger partial charge in [0.05, 0.1) is 23.5 Å². The minimum Gasteiger partial charge on any atom is -0.503 e. The molecule has 1 unspecified atom stereocenters. The van der Waals surface area contributed by atoms with Gasteiger partial charge in [-0.2, -0.15) is 5.10 Å². The highest BCUT2D eigenvalue weighted by molar-refractivity contribution is 5.95. The predicted octanol–water partition coefficient (Wildman–Crippen LogP) is 3.46. The Hall–Kier alpha value is -3.12. The van der Waals surface area contributed by atoms with Gasteiger partial charge >= 0.3 is 0 Å². The van der Waals surface area contributed by atoms with Gasteiger partial charge in [0, 0.05) is 30.4 Å². The number of benzene rings is 1. The number of hydrogen-bond acceptors (Lipinski definition) is 4. The van der Waals surface area contributed by atoms with Crippen LogP contribution in [0.5, 0.6) is 5.75 Å². The molecule has 1 aromatic carbocycles. The SMILES string of the molecule is CC=C(C=C(C)n1cc(O)c(=O)cc1C(C)O)c1cccc2nn(C)cc12. The largest absolute Gasteiger partial charge is 0.503 e. The quantitative estimate of drug-likeness (QED) is 0.694. The lowest BCUT2D eigenvalue weighted by Gasteiger charge is -2.17. The maximum absolute atomic E-state index is 11.8. The van der Waals surface area contributed by atoms with Gasteiger partial charge in [0.25, 0.3) is 0 Å². The molecule has 6 nitrogen and oxygen atoms in total. The minimum absolute atomic E-state index is 0.358. The Labute approximate surface area is 157 Å². The number of hydrogen-bond donors (Lipinski definition) is 2. The number of aliphatic hydroxyl groups is 1. The Bertz CT molecular complexity index is 1120. The van der Waals surface area contributed by atoms with Crippen LogP contribution in [0.4, 0.5) is 0 Å². The summed E-state index contributed by atoms with van der Waals surface area (Å²) >= 11 is 0. The molecule has 2 heterocycles. The molecular formula is C21H23N3O3. The van der Waals surface area contributed by atoms with Crippen molar-refractivity contribution in [3.8, 4) is 5.75 Å². The third-order valence-electron chi connectivity index (χ3n) is 4.52. The fourth-order valence-electron chi connectivity index (χ4n) is 3.19. The number of pyridine rings is 1. The fraction of sp³-hybridized carbons (Fsp3) is 0.238. The second-order valence-electron chi connectivity index (χ2n) is 6.56. The molecule has 27 heavy (non-hydrogen) atoms. The number of allylic oxidation sites excluding steroid dienone is 4. The minimum atomic E-state index is -0.850. The molecule has 0 aliphatic heterocycles. The molecular weight excluding hydrogens is 342 g/mol. The van der Waals surface area contributed by atoms with Gasteiger partial charge in [0.15, 0.2) is 5.75 Å². The van der Waals surface area contributed by atoms with Gasteiger partial charge in [-0.1, -0.05) is 18.2 Å². The van der Waals surface area contributed by atoms with E-state index in [9.17, 15) is 15.0 Å². The average Bonchev–Trinajstić information content (AvgIpc) is 3.01. The van der Waals surface area contributed by atoms with Gasteiger partial charge in [0.1, 0.15) is 0 Å². The van der Waals surface area contributed by atoms with E-state index in [4.69, 9.17) is 0 Å². The van der Waals surface area contributed by atoms with E-state index < -0.39 is 11.5 Å². The highest BCUT2D eigenvalue weighted by atomic mass is 16.3. The van der Waals surface area contributed by atoms with Crippen LogP contribution in [0, 0.1) is 0 Å². The molecule has 0 fully saturated rings. The van der Waals surface area contributed by atoms with E-state index in [2.05, 4.69) is 5.10 Å². The van der Waals surface area contributed by atoms with E-state index in [-0.39, 0.29) is 5.75 Å². The summed E-state index contributed by atoms with van der Waals surface area (Å²) in [4.78, 5) is 11.8. The summed E-state index contributed by atoms with van der Waals surface area (Å²) in [5, 5.41) is 25.4. The number of fused-ring (bicyclic) bond motifs is 1. The number of rotatable bonds is 4. The molecule has 6 heteroatoms. The van der Waals surface area contributed by atoms with E-state index in [1.54, 1.807) is 16.2 Å². The predicted molar refractivity (Wildman–Crippen MR) is 107 cm³/mol. The first-order chi connectivity index (χ1) is 12.8. The molecule has 0 aliphatic carbocycles. The molecule has 0 bridgehead atoms. The topological polar surface area (TPSA) is 80.3 Å². The lowest BCUT2D eigenvalue weighted by Crippen LogP contribution is -2.13. The van der Waals surface area contributed by atoms with Gasteiger partial charge in [-0.15, -0.1) is 0 Å². The molecule has 1 atom stereocenters. The molecule has 0 saturated carbocycles. The first kappa shape index (κ1) is 18.7. The van der Waals surface area contributed by atoms with Crippen LogP contribution in [0.3, 0.4) is 0 Å². The zero-order chi connectivity index (χ0) is 19.7. The summed E-state index contributed by atoms with van der Waals surface area (Å²) in [6, 6.07) is 7.22. The fourth-order valence-corrected chi connectivity index (χ4v) is 3.19. The van der Waals surface area contributed by atoms with Gasteiger partial charge in [-0.05, 0) is 44.1 Å². The summed E-state index contributed by atoms with van der Waals surface area (Å²) in [6.45, 7) is 5.40. The van der Waals surface area contributed by atoms with Crippen LogP contribution in [-0.2, 0) is 7.05 Å². The van der Waals surface area contributed by atoms with Crippen molar-refractivity contribution in [1.29, 1.82) is 0 Å². The van der Waals surface area contributed by atoms with Crippen LogP contribution in [0.2, 0.25) is 0 Å². The zero-order valence-corrected chi connectivity index (χ0v) is 15.8. The molecule has 2 N–H and O–H groups in total. The van der Waals surface area contributed by atoms with Gasteiger partial charge < -0.3 is 14.8 Å². The first-order valence-corrected chi connectivity index (χ1v) is 8.73. The highest BCUT2D eigenvalue weighted by Crippen LogP contribution is 2.28. The van der Waals surface area contributed by atoms with Crippen molar-refractivity contribution >= 4 is 22.2 Å². The Morgan fingerprint density at radius 3 is 2.70 bits per heavy atom. The van der Waals surface area contributed by atoms with Gasteiger partial charge in [0.2, 0.25) is 5.43 Å². The number of aromatic hydroxyl groups is 1. The van der Waals surface area contributed by atoms with E-state index in [1.165, 1.54) is 12.3 Å². The van der Waals surface area contributed by atoms with Gasteiger partial charge in [-0.25, -0.2) is 0 Å². The number of aromatic nitrogens is 3. The lowest BCUT2D eigenvalue weighted by molar-refractivity contribution is 0.191. The standard InChI is InChI=1S/C21H23N3O3/c1-5-15(16-7-6-8-18-17(16)11-23(4)22-18)9-13(2)24-12-21(27)20(26)10-19(24)14(3)25/h5-12,14,25,27H,1-4H3. The maximum Gasteiger partial charge on any atom is 0.223 e. The molecule has 0 amide bonds. The molecule has 0 aliphatic rings. The van der Waals surface area contributed by atoms with Crippen molar-refractivity contribution in [3.05, 3.63) is 70.3 Å². The Morgan fingerprint density at radius 2 is 2.04 bits per heavy atom. The molecule has 0 spiro atoms. The number of nitrogens with zero attached hydrogens (tertiary/aromatic N) is 3. The third kappa shape index (κ3) is 3.57. The summed E-state index contributed by atoms with van der Waals surface area (Å²) in [6.07, 6.45) is 6.42. The normalized spacial score (nSPS) is 14.0. The maximum atomic E-state index is 11.8. The van der Waals surface area contributed by atoms with Crippen molar-refractivity contribution in [2.75, 3.05) is 0 Å². The molecule has 2 aromatic heterocycles. The van der Waals surface area contributed by atoms with Crippen LogP contribution in [0.1, 0.15) is 38.1 Å². The first-order valence-electron chi connectivity index (χ1n) is 8.73. The molecule has 0 radical (unpaired) electrons. The van der Waals surface area contributed by atoms with E-state index >= 15 is 0 Å². The van der Waals surface area contributed by atoms with E-state index in [1.807, 2.05) is 57.4 Å². The van der Waals surface area contributed by atoms with Crippen molar-refractivity contribution < 1.29 is 10.2 Å². The Balaban J connectivity index is 2.14. The molecule has 3 rings (SSSR count). The monoisotopic (exact) mass is 365 g/mol. The average molecular weight is 365 g/mol. The van der Waals surface area contributed by atoms with Crippen molar-refractivity contribution in [2.45, 2.75) is 26.9 Å². The van der Waals surface area contributed by atoms with Crippen molar-refractivity contribution in [1.82, 2.24) is 14.3 Å². The van der Waals surface area contributed by atoms with Crippen LogP contribution in [0.25, 0.3) is 22.2 Å². The molecule has 3 aromatic rings. The molecule has 140 valence electrons. The number of aryl methyl sites for hydroxylation is 1. The highest BCUT2D eigenvalue weighted by Gasteiger charge is 2.13. The number of aliphatic hydroxyl groups excluding tert-OH is 1. The van der Waals surface area contributed by atoms with Crippen LogP contribution >= 0.6 is 0 Å². The van der Waals surface area contributed by atoms with Crippen LogP contribution in [0.15, 0.2) is 53.6 Å². The van der Waals surface area contributed by atoms with Crippen molar-refractivity contribution in [3.63, 3.8) is 0 Å². The summed E-state index contributed by atoms with van der Waals surface area (Å²) in [5.74, 6) is -0.358. The smallest absolute Gasteiger partial charge is 0.223 e. The van der Waals surface area contributed by atoms with E-state index in [0.29, 0.717) is 5.69 Å². The summed E-state index contributed by atoms with van der Waals surface area (Å²) < 4.78 is 3.41. The second kappa shape index (κ2) is 7.25. The zero-order valence-electron chi connectivity index (χ0n) is 15.8. The third-order valence-corrected chi connectivity index (χ3v) is 4.52. The second-order valence-corrected chi connectivity index (χ2v) is 6.56. The van der Waals surface area contributed by atoms with E-state index in [0.717, 1.165) is 27.7 Å². The Kier molecular flexibility index (Phi) is 5.01. The van der Waals surface area contributed by atoms with Crippen LogP contribution in [-0.4, -0.2) is 24.6 Å². The summed E-state index contributed by atoms with van der Waals surface area (Å²) in [7, 11) is 1.89. The molecule has 0 saturated heterocycles. The van der Waals surface area contributed by atoms with Crippen LogP contribution < -0.4 is 5.43 Å². The lowest BCUT2D eigenvalue weighted by atomic mass is 10.0. The van der Waals surface area contributed by atoms with Crippen molar-refractivity contribution in [2.24, 2.45) is 7.05 Å². The Morgan fingerprint density at radius 1 is 1.30 bits per heavy atom.